The zero-order valence-corrected chi connectivity index (χ0v) is 21.6. The minimum Gasteiger partial charge on any atom is -0.481 e. The number of aliphatic carboxylic acids is 1. The molecular weight excluding hydrogens is 416 g/mol. The summed E-state index contributed by atoms with van der Waals surface area (Å²) in [5.41, 5.74) is 2.72. The number of Topliss-reactive ketones (excluding diaryl/α,β-unsaturated/α-hetero) is 1. The summed E-state index contributed by atoms with van der Waals surface area (Å²) in [6.45, 7) is 13.6. The number of nitrogens with one attached hydrogen (secondary N) is 1. The van der Waals surface area contributed by atoms with Gasteiger partial charge in [-0.2, -0.15) is 0 Å². The number of rotatable bonds is 15. The number of ketones is 1. The molecule has 33 heavy (non-hydrogen) atoms. The summed E-state index contributed by atoms with van der Waals surface area (Å²) in [6.07, 6.45) is 10.7. The van der Waals surface area contributed by atoms with E-state index in [1.54, 1.807) is 13.8 Å². The van der Waals surface area contributed by atoms with Crippen molar-refractivity contribution in [2.45, 2.75) is 99.5 Å². The van der Waals surface area contributed by atoms with Crippen molar-refractivity contribution < 1.29 is 19.8 Å². The van der Waals surface area contributed by atoms with Crippen molar-refractivity contribution in [2.75, 3.05) is 0 Å². The van der Waals surface area contributed by atoms with Crippen LogP contribution in [-0.2, 0) is 9.59 Å². The molecule has 1 heterocycles. The number of aromatic nitrogens is 2. The molecule has 0 saturated heterocycles. The number of imidazole rings is 1. The first-order valence-electron chi connectivity index (χ1n) is 12.1. The maximum atomic E-state index is 12.8. The summed E-state index contributed by atoms with van der Waals surface area (Å²) >= 11 is 0. The molecule has 1 aromatic heterocycles. The van der Waals surface area contributed by atoms with Crippen LogP contribution in [0.15, 0.2) is 23.4 Å². The first-order valence-corrected chi connectivity index (χ1v) is 12.1. The predicted molar refractivity (Wildman–Crippen MR) is 134 cm³/mol. The number of allylic oxidation sites excluding steroid dienone is 3. The lowest BCUT2D eigenvalue weighted by atomic mass is 9.74. The first kappa shape index (κ1) is 28.8. The number of carboxylic acids is 1. The fourth-order valence-corrected chi connectivity index (χ4v) is 4.28. The Morgan fingerprint density at radius 2 is 1.85 bits per heavy atom. The van der Waals surface area contributed by atoms with Crippen LogP contribution in [-0.4, -0.2) is 38.0 Å². The smallest absolute Gasteiger partial charge is 0.306 e. The third kappa shape index (κ3) is 10.5. The van der Waals surface area contributed by atoms with E-state index in [0.717, 1.165) is 50.0 Å². The van der Waals surface area contributed by atoms with Crippen LogP contribution in [0.5, 0.6) is 0 Å². The van der Waals surface area contributed by atoms with Crippen molar-refractivity contribution in [3.05, 3.63) is 34.9 Å². The Kier molecular flexibility index (Phi) is 11.8. The fraction of sp³-hybridized carbons (Fsp3) is 0.667. The molecular formula is C27H44N2O4. The van der Waals surface area contributed by atoms with Crippen LogP contribution in [0.3, 0.4) is 0 Å². The van der Waals surface area contributed by atoms with Crippen LogP contribution in [0.1, 0.15) is 98.0 Å². The number of aromatic amines is 1. The minimum atomic E-state index is -1.17. The Balaban J connectivity index is 2.38. The van der Waals surface area contributed by atoms with Crippen LogP contribution in [0, 0.1) is 24.2 Å². The van der Waals surface area contributed by atoms with E-state index < -0.39 is 23.9 Å². The first-order chi connectivity index (χ1) is 15.3. The molecule has 0 aliphatic carbocycles. The van der Waals surface area contributed by atoms with E-state index in [-0.39, 0.29) is 11.7 Å². The molecule has 6 heteroatoms. The van der Waals surface area contributed by atoms with Crippen LogP contribution in [0.4, 0.5) is 0 Å². The summed E-state index contributed by atoms with van der Waals surface area (Å²) in [4.78, 5) is 31.2. The van der Waals surface area contributed by atoms with Gasteiger partial charge in [0.15, 0.2) is 0 Å². The number of carbonyl (C=O) groups is 2. The third-order valence-corrected chi connectivity index (χ3v) is 6.46. The third-order valence-electron chi connectivity index (χ3n) is 6.46. The number of H-pyrrole nitrogens is 1. The number of nitrogens with zero attached hydrogens (tertiary/aromatic N) is 1. The highest BCUT2D eigenvalue weighted by molar-refractivity contribution is 5.87. The second kappa shape index (κ2) is 13.5. The predicted octanol–water partition coefficient (Wildman–Crippen LogP) is 6.11. The monoisotopic (exact) mass is 460 g/mol. The van der Waals surface area contributed by atoms with Crippen molar-refractivity contribution in [3.63, 3.8) is 0 Å². The minimum absolute atomic E-state index is 0.0621. The van der Waals surface area contributed by atoms with E-state index >= 15 is 0 Å². The van der Waals surface area contributed by atoms with Gasteiger partial charge >= 0.3 is 5.97 Å². The number of aliphatic hydroxyl groups excluding tert-OH is 1. The van der Waals surface area contributed by atoms with E-state index in [4.69, 9.17) is 5.11 Å². The van der Waals surface area contributed by atoms with Crippen LogP contribution >= 0.6 is 0 Å². The average molecular weight is 461 g/mol. The Bertz CT molecular complexity index is 835. The molecule has 0 fully saturated rings. The molecule has 0 radical (unpaired) electrons. The lowest BCUT2D eigenvalue weighted by Gasteiger charge is -2.31. The van der Waals surface area contributed by atoms with Gasteiger partial charge < -0.3 is 15.2 Å². The topological polar surface area (TPSA) is 103 Å². The maximum Gasteiger partial charge on any atom is 0.306 e. The highest BCUT2D eigenvalue weighted by atomic mass is 16.4. The number of carbonyl (C=O) groups excluding carboxylic acids is 1. The Hall–Kier alpha value is -2.21. The van der Waals surface area contributed by atoms with Gasteiger partial charge in [0.25, 0.3) is 0 Å². The fourth-order valence-electron chi connectivity index (χ4n) is 4.28. The van der Waals surface area contributed by atoms with Gasteiger partial charge in [0.1, 0.15) is 11.6 Å². The summed E-state index contributed by atoms with van der Waals surface area (Å²) in [6, 6.07) is 0. The second-order valence-corrected chi connectivity index (χ2v) is 10.3. The Labute approximate surface area is 199 Å². The van der Waals surface area contributed by atoms with Gasteiger partial charge in [0, 0.05) is 5.92 Å². The average Bonchev–Trinajstić information content (AvgIpc) is 3.11. The summed E-state index contributed by atoms with van der Waals surface area (Å²) < 4.78 is 0. The number of hydrogen-bond acceptors (Lipinski definition) is 4. The van der Waals surface area contributed by atoms with Gasteiger partial charge in [0.05, 0.1) is 29.8 Å². The zero-order valence-electron chi connectivity index (χ0n) is 21.6. The van der Waals surface area contributed by atoms with E-state index in [0.29, 0.717) is 5.92 Å². The zero-order chi connectivity index (χ0) is 25.2. The van der Waals surface area contributed by atoms with Gasteiger partial charge in [-0.25, -0.2) is 4.98 Å². The van der Waals surface area contributed by atoms with Crippen LogP contribution in [0.2, 0.25) is 0 Å². The van der Waals surface area contributed by atoms with Crippen molar-refractivity contribution in [1.29, 1.82) is 0 Å². The molecule has 0 saturated carbocycles. The van der Waals surface area contributed by atoms with Gasteiger partial charge in [0.2, 0.25) is 0 Å². The lowest BCUT2D eigenvalue weighted by Crippen LogP contribution is -2.41. The molecule has 0 spiro atoms. The SMILES string of the molecule is C/C(=C/CC/C(C)=C/c1cnc(C)[nH]1)CCC[C@H](C)CC(C)C(=O)C(C)(C)[C@@H](O)CC(=O)O. The van der Waals surface area contributed by atoms with Crippen molar-refractivity contribution in [2.24, 2.45) is 17.3 Å². The van der Waals surface area contributed by atoms with Gasteiger partial charge in [-0.1, -0.05) is 51.3 Å². The second-order valence-electron chi connectivity index (χ2n) is 10.3. The van der Waals surface area contributed by atoms with E-state index in [9.17, 15) is 14.7 Å². The van der Waals surface area contributed by atoms with Crippen LogP contribution < -0.4 is 0 Å². The van der Waals surface area contributed by atoms with Gasteiger partial charge in [-0.05, 0) is 64.9 Å². The highest BCUT2D eigenvalue weighted by Gasteiger charge is 2.39. The number of carboxylic acid groups (broad SMARTS) is 1. The molecule has 0 bridgehead atoms. The molecule has 6 nitrogen and oxygen atoms in total. The molecule has 186 valence electrons. The molecule has 1 rings (SSSR count). The van der Waals surface area contributed by atoms with Crippen molar-refractivity contribution in [1.82, 2.24) is 9.97 Å². The largest absolute Gasteiger partial charge is 0.481 e. The van der Waals surface area contributed by atoms with Crippen molar-refractivity contribution >= 4 is 17.8 Å². The van der Waals surface area contributed by atoms with E-state index in [1.165, 1.54) is 11.1 Å². The summed E-state index contributed by atoms with van der Waals surface area (Å²) in [5.74, 6) is -0.0345. The quantitative estimate of drug-likeness (QED) is 0.274. The molecule has 3 N–H and O–H groups in total. The van der Waals surface area contributed by atoms with E-state index in [1.807, 2.05) is 20.0 Å². The highest BCUT2D eigenvalue weighted by Crippen LogP contribution is 2.31. The molecule has 0 aliphatic heterocycles. The molecule has 0 aromatic carbocycles. The summed E-state index contributed by atoms with van der Waals surface area (Å²) in [7, 11) is 0. The molecule has 0 aliphatic rings. The molecule has 1 unspecified atom stereocenters. The Morgan fingerprint density at radius 3 is 2.42 bits per heavy atom. The maximum absolute atomic E-state index is 12.8. The summed E-state index contributed by atoms with van der Waals surface area (Å²) in [5, 5.41) is 19.1. The number of aliphatic hydroxyl groups is 1. The van der Waals surface area contributed by atoms with Gasteiger partial charge in [-0.15, -0.1) is 0 Å². The van der Waals surface area contributed by atoms with E-state index in [2.05, 4.69) is 42.9 Å². The normalized spacial score (nSPS) is 15.9. The molecule has 0 amide bonds. The molecule has 3 atom stereocenters. The van der Waals surface area contributed by atoms with Crippen molar-refractivity contribution in [3.8, 4) is 0 Å². The lowest BCUT2D eigenvalue weighted by molar-refractivity contribution is -0.145. The Morgan fingerprint density at radius 1 is 1.18 bits per heavy atom. The van der Waals surface area contributed by atoms with Gasteiger partial charge in [-0.3, -0.25) is 9.59 Å². The number of aryl methyl sites for hydroxylation is 1. The standard InChI is InChI=1S/C27H44N2O4/c1-18(11-9-13-20(3)15-23-17-28-22(5)29-23)10-8-12-19(2)14-21(4)26(33)27(6,7)24(30)16-25(31)32/h11,15,17,19,21,24,30H,8-10,12-14,16H2,1-7H3,(H,28,29)(H,31,32)/b18-11-,20-15+/t19-,21?,24-/m0/s1. The molecule has 1 aromatic rings. The van der Waals surface area contributed by atoms with Crippen LogP contribution in [0.25, 0.3) is 6.08 Å². The number of hydrogen-bond donors (Lipinski definition) is 3.